The maximum atomic E-state index is 4.52. The predicted molar refractivity (Wildman–Crippen MR) is 90.5 cm³/mol. The first-order valence-electron chi connectivity index (χ1n) is 7.80. The Balaban J connectivity index is 1.72. The highest BCUT2D eigenvalue weighted by Gasteiger charge is 2.23. The van der Waals surface area contributed by atoms with Crippen LogP contribution in [-0.2, 0) is 0 Å². The van der Waals surface area contributed by atoms with Gasteiger partial charge in [-0.15, -0.1) is 0 Å². The van der Waals surface area contributed by atoms with E-state index in [1.807, 2.05) is 11.8 Å². The Hall–Kier alpha value is -1.01. The summed E-state index contributed by atoms with van der Waals surface area (Å²) < 4.78 is 0. The van der Waals surface area contributed by atoms with Crippen molar-refractivity contribution in [3.8, 4) is 0 Å². The summed E-state index contributed by atoms with van der Waals surface area (Å²) in [5, 5.41) is 0. The van der Waals surface area contributed by atoms with Crippen LogP contribution >= 0.6 is 11.8 Å². The Kier molecular flexibility index (Phi) is 4.85. The number of hydrogen-bond acceptors (Lipinski definition) is 6. The summed E-state index contributed by atoms with van der Waals surface area (Å²) >= 11 is 2.03. The fraction of sp³-hybridized carbons (Fsp3) is 0.733. The van der Waals surface area contributed by atoms with Gasteiger partial charge in [-0.05, 0) is 26.9 Å². The minimum atomic E-state index is 0.628. The topological polar surface area (TPSA) is 35.5 Å². The molecule has 1 unspecified atom stereocenters. The second kappa shape index (κ2) is 6.83. The molecule has 2 aliphatic rings. The predicted octanol–water partition coefficient (Wildman–Crippen LogP) is 1.56. The third-order valence-corrected chi connectivity index (χ3v) is 5.37. The van der Waals surface area contributed by atoms with Crippen LogP contribution in [0.15, 0.2) is 12.4 Å². The first kappa shape index (κ1) is 14.9. The zero-order valence-electron chi connectivity index (χ0n) is 13.0. The molecule has 0 radical (unpaired) electrons. The molecule has 1 aromatic rings. The van der Waals surface area contributed by atoms with Crippen molar-refractivity contribution in [3.63, 3.8) is 0 Å². The number of rotatable bonds is 3. The summed E-state index contributed by atoms with van der Waals surface area (Å²) in [6.07, 6.45) is 4.25. The van der Waals surface area contributed by atoms with Crippen molar-refractivity contribution < 1.29 is 0 Å². The van der Waals surface area contributed by atoms with Crippen molar-refractivity contribution in [2.75, 3.05) is 61.6 Å². The van der Waals surface area contributed by atoms with Crippen molar-refractivity contribution >= 4 is 23.4 Å². The highest BCUT2D eigenvalue weighted by atomic mass is 32.2. The Labute approximate surface area is 131 Å². The summed E-state index contributed by atoms with van der Waals surface area (Å²) in [5.74, 6) is 4.58. The van der Waals surface area contributed by atoms with Gasteiger partial charge in [-0.2, -0.15) is 11.8 Å². The van der Waals surface area contributed by atoms with Gasteiger partial charge in [0.1, 0.15) is 18.0 Å². The van der Waals surface area contributed by atoms with E-state index >= 15 is 0 Å². The van der Waals surface area contributed by atoms with E-state index in [1.165, 1.54) is 24.3 Å². The summed E-state index contributed by atoms with van der Waals surface area (Å²) in [7, 11) is 4.34. The quantitative estimate of drug-likeness (QED) is 0.843. The number of aromatic nitrogens is 2. The summed E-state index contributed by atoms with van der Waals surface area (Å²) in [5.41, 5.74) is 0. The van der Waals surface area contributed by atoms with E-state index < -0.39 is 0 Å². The van der Waals surface area contributed by atoms with E-state index in [0.717, 1.165) is 37.8 Å². The van der Waals surface area contributed by atoms with Crippen LogP contribution in [0.25, 0.3) is 0 Å². The standard InChI is InChI=1S/C15H25N5S/c1-18(2)13-4-3-5-20(11-13)15-10-14(16-12-17-15)19-6-8-21-9-7-19/h10,12-13H,3-9,11H2,1-2H3. The molecule has 0 amide bonds. The minimum absolute atomic E-state index is 0.628. The third-order valence-electron chi connectivity index (χ3n) is 4.42. The molecule has 5 nitrogen and oxygen atoms in total. The van der Waals surface area contributed by atoms with Crippen LogP contribution in [0, 0.1) is 0 Å². The molecule has 116 valence electrons. The van der Waals surface area contributed by atoms with Gasteiger partial charge in [0.15, 0.2) is 0 Å². The lowest BCUT2D eigenvalue weighted by atomic mass is 10.1. The maximum absolute atomic E-state index is 4.52. The third kappa shape index (κ3) is 3.61. The van der Waals surface area contributed by atoms with Crippen LogP contribution in [0.5, 0.6) is 0 Å². The molecule has 2 aliphatic heterocycles. The van der Waals surface area contributed by atoms with Crippen molar-refractivity contribution in [2.45, 2.75) is 18.9 Å². The van der Waals surface area contributed by atoms with E-state index in [2.05, 4.69) is 44.8 Å². The van der Waals surface area contributed by atoms with Gasteiger partial charge in [0, 0.05) is 49.8 Å². The average Bonchev–Trinajstić information content (AvgIpc) is 2.56. The number of piperidine rings is 1. The van der Waals surface area contributed by atoms with Gasteiger partial charge >= 0.3 is 0 Å². The lowest BCUT2D eigenvalue weighted by Crippen LogP contribution is -2.45. The monoisotopic (exact) mass is 307 g/mol. The number of likely N-dealkylation sites (N-methyl/N-ethyl adjacent to an activating group) is 1. The summed E-state index contributed by atoms with van der Waals surface area (Å²) in [4.78, 5) is 16.1. The van der Waals surface area contributed by atoms with Gasteiger partial charge in [-0.25, -0.2) is 9.97 Å². The average molecular weight is 307 g/mol. The lowest BCUT2D eigenvalue weighted by Gasteiger charge is -2.37. The highest BCUT2D eigenvalue weighted by Crippen LogP contribution is 2.24. The second-order valence-corrected chi connectivity index (χ2v) is 7.26. The fourth-order valence-electron chi connectivity index (χ4n) is 3.06. The summed E-state index contributed by atoms with van der Waals surface area (Å²) in [6.45, 7) is 4.37. The fourth-order valence-corrected chi connectivity index (χ4v) is 3.96. The SMILES string of the molecule is CN(C)C1CCCN(c2cc(N3CCSCC3)ncn2)C1. The number of thioether (sulfide) groups is 1. The van der Waals surface area contributed by atoms with Gasteiger partial charge < -0.3 is 14.7 Å². The molecule has 2 fully saturated rings. The smallest absolute Gasteiger partial charge is 0.134 e. The van der Waals surface area contributed by atoms with E-state index in [9.17, 15) is 0 Å². The molecule has 0 spiro atoms. The molecule has 0 bridgehead atoms. The van der Waals surface area contributed by atoms with E-state index in [1.54, 1.807) is 6.33 Å². The lowest BCUT2D eigenvalue weighted by molar-refractivity contribution is 0.257. The van der Waals surface area contributed by atoms with E-state index in [-0.39, 0.29) is 0 Å². The van der Waals surface area contributed by atoms with Crippen LogP contribution in [0.4, 0.5) is 11.6 Å². The molecular formula is C15H25N5S. The molecule has 21 heavy (non-hydrogen) atoms. The highest BCUT2D eigenvalue weighted by molar-refractivity contribution is 7.99. The molecule has 3 heterocycles. The van der Waals surface area contributed by atoms with Crippen LogP contribution in [0.3, 0.4) is 0 Å². The number of anilines is 2. The van der Waals surface area contributed by atoms with Crippen LogP contribution in [0.1, 0.15) is 12.8 Å². The molecule has 0 aliphatic carbocycles. The Bertz CT molecular complexity index is 461. The normalized spacial score (nSPS) is 23.7. The summed E-state index contributed by atoms with van der Waals surface area (Å²) in [6, 6.07) is 2.80. The molecule has 0 saturated carbocycles. The Morgan fingerprint density at radius 1 is 1.10 bits per heavy atom. The van der Waals surface area contributed by atoms with Crippen molar-refractivity contribution in [2.24, 2.45) is 0 Å². The minimum Gasteiger partial charge on any atom is -0.355 e. The first-order chi connectivity index (χ1) is 10.2. The van der Waals surface area contributed by atoms with Crippen LogP contribution in [0.2, 0.25) is 0 Å². The Morgan fingerprint density at radius 2 is 1.81 bits per heavy atom. The molecule has 1 atom stereocenters. The van der Waals surface area contributed by atoms with Crippen LogP contribution < -0.4 is 9.80 Å². The van der Waals surface area contributed by atoms with Gasteiger partial charge in [-0.1, -0.05) is 0 Å². The molecular weight excluding hydrogens is 282 g/mol. The van der Waals surface area contributed by atoms with Crippen molar-refractivity contribution in [1.29, 1.82) is 0 Å². The largest absolute Gasteiger partial charge is 0.355 e. The zero-order valence-corrected chi connectivity index (χ0v) is 13.8. The van der Waals surface area contributed by atoms with Gasteiger partial charge in [0.05, 0.1) is 0 Å². The maximum Gasteiger partial charge on any atom is 0.134 e. The molecule has 0 aromatic carbocycles. The van der Waals surface area contributed by atoms with Crippen molar-refractivity contribution in [1.82, 2.24) is 14.9 Å². The van der Waals surface area contributed by atoms with Gasteiger partial charge in [0.2, 0.25) is 0 Å². The van der Waals surface area contributed by atoms with E-state index in [0.29, 0.717) is 6.04 Å². The number of nitrogens with zero attached hydrogens (tertiary/aromatic N) is 5. The van der Waals surface area contributed by atoms with Gasteiger partial charge in [0.25, 0.3) is 0 Å². The van der Waals surface area contributed by atoms with Crippen LogP contribution in [-0.4, -0.2) is 72.7 Å². The zero-order chi connectivity index (χ0) is 14.7. The van der Waals surface area contributed by atoms with Crippen molar-refractivity contribution in [3.05, 3.63) is 12.4 Å². The second-order valence-electron chi connectivity index (χ2n) is 6.04. The van der Waals surface area contributed by atoms with E-state index in [4.69, 9.17) is 0 Å². The molecule has 3 rings (SSSR count). The molecule has 6 heteroatoms. The first-order valence-corrected chi connectivity index (χ1v) is 8.95. The molecule has 2 saturated heterocycles. The Morgan fingerprint density at radius 3 is 2.52 bits per heavy atom. The molecule has 0 N–H and O–H groups in total. The molecule has 1 aromatic heterocycles. The van der Waals surface area contributed by atoms with Gasteiger partial charge in [-0.3, -0.25) is 0 Å². The number of hydrogen-bond donors (Lipinski definition) is 0.